The predicted molar refractivity (Wildman–Crippen MR) is 119 cm³/mol. The lowest BCUT2D eigenvalue weighted by Gasteiger charge is -2.33. The molecule has 2 rings (SSSR count). The van der Waals surface area contributed by atoms with Crippen molar-refractivity contribution in [2.45, 2.75) is 53.9 Å². The molecule has 1 aromatic carbocycles. The highest BCUT2D eigenvalue weighted by Gasteiger charge is 2.26. The monoisotopic (exact) mass is 376 g/mol. The summed E-state index contributed by atoms with van der Waals surface area (Å²) in [5, 5.41) is 8.71. The smallest absolute Gasteiger partial charge is 0.328 e. The second-order valence-electron chi connectivity index (χ2n) is 8.29. The largest absolute Gasteiger partial charge is 0.478 e. The third-order valence-corrected chi connectivity index (χ3v) is 5.40. The minimum absolute atomic E-state index is 0.201. The zero-order chi connectivity index (χ0) is 20.7. The van der Waals surface area contributed by atoms with E-state index in [1.54, 1.807) is 12.2 Å². The Morgan fingerprint density at radius 2 is 1.82 bits per heavy atom. The Balaban J connectivity index is 2.42. The van der Waals surface area contributed by atoms with Crippen LogP contribution in [-0.2, 0) is 4.79 Å². The van der Waals surface area contributed by atoms with Gasteiger partial charge in [0.25, 0.3) is 0 Å². The van der Waals surface area contributed by atoms with Gasteiger partial charge < -0.3 is 5.11 Å². The molecule has 1 aliphatic carbocycles. The summed E-state index contributed by atoms with van der Waals surface area (Å²) in [6, 6.07) is 6.49. The van der Waals surface area contributed by atoms with Gasteiger partial charge in [-0.3, -0.25) is 0 Å². The van der Waals surface area contributed by atoms with Gasteiger partial charge in [-0.1, -0.05) is 79.6 Å². The first-order valence-corrected chi connectivity index (χ1v) is 9.94. The molecule has 0 spiro atoms. The molecule has 148 valence electrons. The van der Waals surface area contributed by atoms with Crippen LogP contribution in [0.5, 0.6) is 0 Å². The number of benzene rings is 1. The summed E-state index contributed by atoms with van der Waals surface area (Å²) in [5.41, 5.74) is 7.92. The van der Waals surface area contributed by atoms with E-state index in [0.29, 0.717) is 0 Å². The van der Waals surface area contributed by atoms with Crippen molar-refractivity contribution in [2.75, 3.05) is 0 Å². The molecule has 1 aliphatic rings. The lowest BCUT2D eigenvalue weighted by molar-refractivity contribution is -0.131. The van der Waals surface area contributed by atoms with Gasteiger partial charge in [-0.2, -0.15) is 0 Å². The van der Waals surface area contributed by atoms with E-state index in [-0.39, 0.29) is 5.41 Å². The van der Waals surface area contributed by atoms with Gasteiger partial charge in [0, 0.05) is 6.08 Å². The maximum absolute atomic E-state index is 10.6. The minimum Gasteiger partial charge on any atom is -0.478 e. The second kappa shape index (κ2) is 9.54. The number of aliphatic carboxylic acids is 1. The molecule has 0 bridgehead atoms. The number of aryl methyl sites for hydroxylation is 2. The summed E-state index contributed by atoms with van der Waals surface area (Å²) in [6.07, 6.45) is 16.5. The summed E-state index contributed by atoms with van der Waals surface area (Å²) >= 11 is 0. The predicted octanol–water partition coefficient (Wildman–Crippen LogP) is 6.97. The fourth-order valence-electron chi connectivity index (χ4n) is 3.92. The van der Waals surface area contributed by atoms with Gasteiger partial charge in [-0.25, -0.2) is 4.79 Å². The van der Waals surface area contributed by atoms with Crippen LogP contribution < -0.4 is 0 Å². The highest BCUT2D eigenvalue weighted by atomic mass is 16.4. The highest BCUT2D eigenvalue weighted by molar-refractivity contribution is 5.80. The molecule has 0 radical (unpaired) electrons. The first-order chi connectivity index (χ1) is 13.2. The number of allylic oxidation sites excluding steroid dienone is 9. The van der Waals surface area contributed by atoms with Crippen molar-refractivity contribution in [3.8, 4) is 0 Å². The summed E-state index contributed by atoms with van der Waals surface area (Å²) in [5.74, 6) is -0.940. The van der Waals surface area contributed by atoms with E-state index in [1.807, 2.05) is 12.2 Å². The molecule has 0 amide bonds. The maximum atomic E-state index is 10.6. The Bertz CT molecular complexity index is 874. The zero-order valence-corrected chi connectivity index (χ0v) is 17.8. The SMILES string of the molecule is CC1=C(/C=C/C(=C/C=C/C=C/C(=O)O)c2ccc(C)cc2C)C(C)(C)CCC1. The van der Waals surface area contributed by atoms with Crippen molar-refractivity contribution in [3.05, 3.63) is 88.6 Å². The van der Waals surface area contributed by atoms with Crippen molar-refractivity contribution in [2.24, 2.45) is 5.41 Å². The van der Waals surface area contributed by atoms with Gasteiger partial charge >= 0.3 is 5.97 Å². The van der Waals surface area contributed by atoms with Gasteiger partial charge in [0.2, 0.25) is 0 Å². The Hall–Kier alpha value is -2.61. The Morgan fingerprint density at radius 3 is 2.46 bits per heavy atom. The molecule has 0 fully saturated rings. The van der Waals surface area contributed by atoms with E-state index in [2.05, 4.69) is 65.0 Å². The molecule has 28 heavy (non-hydrogen) atoms. The third-order valence-electron chi connectivity index (χ3n) is 5.40. The maximum Gasteiger partial charge on any atom is 0.328 e. The number of carbonyl (C=O) groups is 1. The number of rotatable bonds is 6. The van der Waals surface area contributed by atoms with Gasteiger partial charge in [0.05, 0.1) is 0 Å². The molecule has 2 heteroatoms. The fraction of sp³-hybridized carbons (Fsp3) is 0.346. The van der Waals surface area contributed by atoms with E-state index in [9.17, 15) is 4.79 Å². The van der Waals surface area contributed by atoms with Crippen molar-refractivity contribution in [1.82, 2.24) is 0 Å². The molecular formula is C26H32O2. The molecule has 2 nitrogen and oxygen atoms in total. The van der Waals surface area contributed by atoms with Crippen LogP contribution in [0.25, 0.3) is 5.57 Å². The Labute approximate surface area is 169 Å². The van der Waals surface area contributed by atoms with Crippen molar-refractivity contribution < 1.29 is 9.90 Å². The summed E-state index contributed by atoms with van der Waals surface area (Å²) < 4.78 is 0. The van der Waals surface area contributed by atoms with Crippen molar-refractivity contribution in [1.29, 1.82) is 0 Å². The topological polar surface area (TPSA) is 37.3 Å². The Morgan fingerprint density at radius 1 is 1.07 bits per heavy atom. The van der Waals surface area contributed by atoms with Crippen LogP contribution in [0.1, 0.15) is 56.7 Å². The summed E-state index contributed by atoms with van der Waals surface area (Å²) in [7, 11) is 0. The molecule has 0 heterocycles. The van der Waals surface area contributed by atoms with Gasteiger partial charge in [0.15, 0.2) is 0 Å². The molecule has 0 aliphatic heterocycles. The minimum atomic E-state index is -0.940. The Kier molecular flexibility index (Phi) is 7.39. The van der Waals surface area contributed by atoms with Crippen LogP contribution in [0.2, 0.25) is 0 Å². The first-order valence-electron chi connectivity index (χ1n) is 9.94. The van der Waals surface area contributed by atoms with Crippen LogP contribution in [0.15, 0.2) is 71.9 Å². The molecular weight excluding hydrogens is 344 g/mol. The highest BCUT2D eigenvalue weighted by Crippen LogP contribution is 2.41. The van der Waals surface area contributed by atoms with Crippen LogP contribution >= 0.6 is 0 Å². The van der Waals surface area contributed by atoms with Gasteiger partial charge in [0.1, 0.15) is 0 Å². The lowest BCUT2D eigenvalue weighted by Crippen LogP contribution is -2.19. The van der Waals surface area contributed by atoms with Crippen LogP contribution in [0, 0.1) is 19.3 Å². The van der Waals surface area contributed by atoms with E-state index < -0.39 is 5.97 Å². The van der Waals surface area contributed by atoms with Crippen LogP contribution in [0.4, 0.5) is 0 Å². The van der Waals surface area contributed by atoms with E-state index in [4.69, 9.17) is 5.11 Å². The van der Waals surface area contributed by atoms with E-state index in [1.165, 1.54) is 47.1 Å². The number of hydrogen-bond acceptors (Lipinski definition) is 1. The molecule has 0 atom stereocenters. The molecule has 0 saturated heterocycles. The van der Waals surface area contributed by atoms with E-state index >= 15 is 0 Å². The van der Waals surface area contributed by atoms with Crippen molar-refractivity contribution >= 4 is 11.5 Å². The third kappa shape index (κ3) is 5.95. The number of carboxylic acid groups (broad SMARTS) is 1. The zero-order valence-electron chi connectivity index (χ0n) is 17.8. The molecule has 0 unspecified atom stereocenters. The van der Waals surface area contributed by atoms with E-state index in [0.717, 1.165) is 11.6 Å². The van der Waals surface area contributed by atoms with Crippen molar-refractivity contribution in [3.63, 3.8) is 0 Å². The summed E-state index contributed by atoms with van der Waals surface area (Å²) in [6.45, 7) is 11.1. The van der Waals surface area contributed by atoms with Crippen LogP contribution in [0.3, 0.4) is 0 Å². The average Bonchev–Trinajstić information content (AvgIpc) is 2.59. The summed E-state index contributed by atoms with van der Waals surface area (Å²) in [4.78, 5) is 10.6. The van der Waals surface area contributed by atoms with Crippen LogP contribution in [-0.4, -0.2) is 11.1 Å². The molecule has 0 aromatic heterocycles. The first kappa shape index (κ1) is 21.7. The average molecular weight is 377 g/mol. The lowest BCUT2D eigenvalue weighted by atomic mass is 9.72. The fourth-order valence-corrected chi connectivity index (χ4v) is 3.92. The second-order valence-corrected chi connectivity index (χ2v) is 8.29. The standard InChI is InChI=1S/C26H32O2/c1-19-13-15-23(21(3)18-19)22(11-7-6-8-12-25(27)28)14-16-24-20(2)10-9-17-26(24,4)5/h6-8,11-16,18H,9-10,17H2,1-5H3,(H,27,28)/b7-6+,12-8+,16-14+,22-11-. The molecule has 0 saturated carbocycles. The molecule has 1 N–H and O–H groups in total. The van der Waals surface area contributed by atoms with Gasteiger partial charge in [-0.15, -0.1) is 0 Å². The quantitative estimate of drug-likeness (QED) is 0.430. The normalized spacial score (nSPS) is 18.0. The van der Waals surface area contributed by atoms with Gasteiger partial charge in [-0.05, 0) is 67.7 Å². The number of carboxylic acids is 1. The molecule has 1 aromatic rings. The number of hydrogen-bond donors (Lipinski definition) is 1.